The van der Waals surface area contributed by atoms with Gasteiger partial charge in [0.15, 0.2) is 0 Å². The largest absolute Gasteiger partial charge is 0.872 e. The molecule has 1 amide bonds. The molecule has 1 aromatic heterocycles. The number of carbonyl (C=O) groups is 1. The van der Waals surface area contributed by atoms with Crippen molar-refractivity contribution >= 4 is 23.9 Å². The van der Waals surface area contributed by atoms with Crippen molar-refractivity contribution in [3.05, 3.63) is 82.9 Å². The summed E-state index contributed by atoms with van der Waals surface area (Å²) in [6.07, 6.45) is 1.60. The van der Waals surface area contributed by atoms with Crippen molar-refractivity contribution in [3.8, 4) is 28.6 Å². The van der Waals surface area contributed by atoms with Crippen molar-refractivity contribution in [2.24, 2.45) is 5.10 Å². The maximum absolute atomic E-state index is 13.2. The minimum Gasteiger partial charge on any atom is -0.872 e. The molecule has 0 saturated carbocycles. The normalized spacial score (nSPS) is 12.5. The van der Waals surface area contributed by atoms with Gasteiger partial charge in [-0.15, -0.1) is 10.8 Å². The number of benzene rings is 3. The van der Waals surface area contributed by atoms with E-state index in [-0.39, 0.29) is 33.7 Å². The van der Waals surface area contributed by atoms with Gasteiger partial charge in [0.25, 0.3) is 11.7 Å². The summed E-state index contributed by atoms with van der Waals surface area (Å²) < 4.78 is 7.36. The number of aromatic amines is 1. The zero-order valence-electron chi connectivity index (χ0n) is 28.0. The SMILES string of the molecule is COc1ccc(-[n+]2c(SCC(=O)NN=Cc3cc(C(C)(C)C)c([O-])c(C(C)(C)C)c3)n[nH]c2-c2ccc(C(C)(C)C)cc2)cc1. The fourth-order valence-electron chi connectivity index (χ4n) is 4.87. The van der Waals surface area contributed by atoms with E-state index in [4.69, 9.17) is 4.74 Å². The second kappa shape index (κ2) is 13.1. The molecule has 0 aliphatic carbocycles. The van der Waals surface area contributed by atoms with Crippen LogP contribution >= 0.6 is 11.8 Å². The van der Waals surface area contributed by atoms with Gasteiger partial charge in [0, 0.05) is 0 Å². The minimum absolute atomic E-state index is 0.0403. The molecule has 0 radical (unpaired) electrons. The van der Waals surface area contributed by atoms with Crippen molar-refractivity contribution in [3.63, 3.8) is 0 Å². The smallest absolute Gasteiger partial charge is 0.342 e. The molecule has 0 spiro atoms. The first-order valence-electron chi connectivity index (χ1n) is 15.1. The summed E-state index contributed by atoms with van der Waals surface area (Å²) in [6.45, 7) is 18.7. The van der Waals surface area contributed by atoms with Crippen LogP contribution in [0.3, 0.4) is 0 Å². The molecular weight excluding hydrogens is 582 g/mol. The quantitative estimate of drug-likeness (QED) is 0.0995. The first kappa shape index (κ1) is 33.8. The lowest BCUT2D eigenvalue weighted by Gasteiger charge is -2.33. The van der Waals surface area contributed by atoms with Crippen LogP contribution in [-0.2, 0) is 21.0 Å². The highest BCUT2D eigenvalue weighted by molar-refractivity contribution is 7.99. The molecule has 238 valence electrons. The molecular formula is C36H45N5O3S. The fraction of sp³-hybridized carbons (Fsp3) is 0.389. The lowest BCUT2D eigenvalue weighted by molar-refractivity contribution is -0.625. The van der Waals surface area contributed by atoms with Gasteiger partial charge in [-0.2, -0.15) is 9.67 Å². The molecule has 45 heavy (non-hydrogen) atoms. The van der Waals surface area contributed by atoms with Crippen LogP contribution < -0.4 is 19.8 Å². The summed E-state index contributed by atoms with van der Waals surface area (Å²) in [5, 5.41) is 25.8. The summed E-state index contributed by atoms with van der Waals surface area (Å²) in [5.74, 6) is 1.43. The zero-order chi connectivity index (χ0) is 33.2. The molecule has 8 nitrogen and oxygen atoms in total. The lowest BCUT2D eigenvalue weighted by atomic mass is 9.78. The summed E-state index contributed by atoms with van der Waals surface area (Å²) in [7, 11) is 1.64. The van der Waals surface area contributed by atoms with Crippen LogP contribution in [0.2, 0.25) is 0 Å². The van der Waals surface area contributed by atoms with Crippen LogP contribution in [0.25, 0.3) is 17.1 Å². The second-order valence-corrected chi connectivity index (χ2v) is 15.2. The first-order valence-corrected chi connectivity index (χ1v) is 16.0. The Morgan fingerprint density at radius 2 is 1.51 bits per heavy atom. The summed E-state index contributed by atoms with van der Waals surface area (Å²) >= 11 is 1.30. The van der Waals surface area contributed by atoms with Crippen LogP contribution in [0, 0.1) is 0 Å². The number of nitrogens with zero attached hydrogens (tertiary/aromatic N) is 3. The van der Waals surface area contributed by atoms with Crippen LogP contribution in [0.5, 0.6) is 11.5 Å². The number of rotatable bonds is 8. The molecule has 1 heterocycles. The number of methoxy groups -OCH3 is 1. The Morgan fingerprint density at radius 3 is 2.02 bits per heavy atom. The standard InChI is InChI=1S/C36H45N5O3S/c1-34(2,3)25-13-11-24(12-14-25)32-39-40-33(41(32)26-15-17-27(44-10)18-16-26)45-22-30(42)38-37-21-23-19-28(35(4,5)6)31(43)29(20-23)36(7,8)9/h11-21H,22H2,1-10H3,(H2,37,38,42,43). The first-order chi connectivity index (χ1) is 21.0. The van der Waals surface area contributed by atoms with Gasteiger partial charge in [-0.25, -0.2) is 5.43 Å². The Kier molecular flexibility index (Phi) is 9.82. The van der Waals surface area contributed by atoms with Crippen molar-refractivity contribution in [2.45, 2.75) is 83.7 Å². The maximum Gasteiger partial charge on any atom is 0.342 e. The third-order valence-electron chi connectivity index (χ3n) is 7.49. The molecule has 0 unspecified atom stereocenters. The van der Waals surface area contributed by atoms with Gasteiger partial charge < -0.3 is 9.84 Å². The van der Waals surface area contributed by atoms with Gasteiger partial charge in [0.2, 0.25) is 0 Å². The molecule has 0 bridgehead atoms. The van der Waals surface area contributed by atoms with Gasteiger partial charge in [0.1, 0.15) is 11.4 Å². The Bertz CT molecular complexity index is 1640. The number of carbonyl (C=O) groups excluding carboxylic acids is 1. The average molecular weight is 628 g/mol. The highest BCUT2D eigenvalue weighted by atomic mass is 32.2. The van der Waals surface area contributed by atoms with E-state index >= 15 is 0 Å². The summed E-state index contributed by atoms with van der Waals surface area (Å²) in [6, 6.07) is 19.9. The molecule has 0 aliphatic rings. The Hall–Kier alpha value is -4.11. The van der Waals surface area contributed by atoms with Crippen LogP contribution in [0.1, 0.15) is 84.6 Å². The Morgan fingerprint density at radius 1 is 0.933 bits per heavy atom. The number of amides is 1. The molecule has 3 aromatic carbocycles. The maximum atomic E-state index is 13.2. The summed E-state index contributed by atoms with van der Waals surface area (Å²) in [4.78, 5) is 12.9. The van der Waals surface area contributed by atoms with E-state index < -0.39 is 0 Å². The van der Waals surface area contributed by atoms with Crippen LogP contribution in [-0.4, -0.2) is 35.2 Å². The molecule has 4 rings (SSSR count). The van der Waals surface area contributed by atoms with Gasteiger partial charge in [-0.05, 0) is 86.7 Å². The average Bonchev–Trinajstić information content (AvgIpc) is 3.39. The number of ether oxygens (including phenoxy) is 1. The van der Waals surface area contributed by atoms with Gasteiger partial charge in [0.05, 0.1) is 29.7 Å². The topological polar surface area (TPSA) is 106 Å². The molecule has 0 atom stereocenters. The number of aromatic nitrogens is 3. The van der Waals surface area contributed by atoms with Gasteiger partial charge in [-0.3, -0.25) is 4.79 Å². The molecule has 0 aliphatic heterocycles. The number of nitrogens with one attached hydrogen (secondary N) is 2. The second-order valence-electron chi connectivity index (χ2n) is 14.2. The van der Waals surface area contributed by atoms with Crippen molar-refractivity contribution in [2.75, 3.05) is 12.9 Å². The lowest BCUT2D eigenvalue weighted by Crippen LogP contribution is -2.34. The minimum atomic E-state index is -0.322. The number of hydrogen-bond donors (Lipinski definition) is 2. The molecule has 0 saturated heterocycles. The van der Waals surface area contributed by atoms with Gasteiger partial charge >= 0.3 is 5.16 Å². The van der Waals surface area contributed by atoms with E-state index in [1.54, 1.807) is 13.3 Å². The third kappa shape index (κ3) is 8.14. The van der Waals surface area contributed by atoms with E-state index in [0.717, 1.165) is 39.5 Å². The van der Waals surface area contributed by atoms with E-state index in [9.17, 15) is 9.90 Å². The molecule has 9 heteroatoms. The number of hydrogen-bond acceptors (Lipinski definition) is 6. The molecule has 0 fully saturated rings. The predicted octanol–water partition coefficient (Wildman–Crippen LogP) is 6.57. The number of H-pyrrole nitrogens is 1. The van der Waals surface area contributed by atoms with E-state index in [2.05, 4.69) is 65.8 Å². The number of thioether (sulfide) groups is 1. The van der Waals surface area contributed by atoms with Crippen molar-refractivity contribution in [1.82, 2.24) is 15.6 Å². The number of hydrazone groups is 1. The van der Waals surface area contributed by atoms with Crippen molar-refractivity contribution in [1.29, 1.82) is 0 Å². The highest BCUT2D eigenvalue weighted by Gasteiger charge is 2.26. The zero-order valence-corrected chi connectivity index (χ0v) is 28.8. The van der Waals surface area contributed by atoms with E-state index in [1.165, 1.54) is 17.3 Å². The Balaban J connectivity index is 1.55. The third-order valence-corrected chi connectivity index (χ3v) is 8.43. The van der Waals surface area contributed by atoms with Crippen molar-refractivity contribution < 1.29 is 19.2 Å². The van der Waals surface area contributed by atoms with Gasteiger partial charge in [-0.1, -0.05) is 86.6 Å². The predicted molar refractivity (Wildman–Crippen MR) is 181 cm³/mol. The molecule has 2 N–H and O–H groups in total. The monoisotopic (exact) mass is 627 g/mol. The molecule has 4 aromatic rings. The highest BCUT2D eigenvalue weighted by Crippen LogP contribution is 2.38. The summed E-state index contributed by atoms with van der Waals surface area (Å²) in [5.41, 5.74) is 7.34. The fourth-order valence-corrected chi connectivity index (χ4v) is 5.63. The van der Waals surface area contributed by atoms with E-state index in [1.807, 2.05) is 82.5 Å². The van der Waals surface area contributed by atoms with Crippen LogP contribution in [0.4, 0.5) is 0 Å². The van der Waals surface area contributed by atoms with Crippen LogP contribution in [0.15, 0.2) is 70.9 Å². The van der Waals surface area contributed by atoms with E-state index in [0.29, 0.717) is 5.16 Å². The Labute approximate surface area is 271 Å².